The van der Waals surface area contributed by atoms with Gasteiger partial charge in [-0.05, 0) is 57.6 Å². The summed E-state index contributed by atoms with van der Waals surface area (Å²) in [4.78, 5) is 20.2. The molecule has 1 saturated heterocycles. The molecule has 1 aliphatic carbocycles. The number of aliphatic imine (C=N–C) groups is 1. The van der Waals surface area contributed by atoms with Crippen molar-refractivity contribution in [1.29, 1.82) is 0 Å². The standard InChI is InChI=1S/C28H32N2O3/c1-27(2,3)33-26(31)30-19-11-18-28(30)17-10-16-22(28)25-29-23(20-12-6-4-7-13-20)24(32-25)21-14-8-5-9-15-21/h4-9,12-16,23-24H,10-11,17-19H2,1-3H3/t23-,24-,28+/m1/s1. The summed E-state index contributed by atoms with van der Waals surface area (Å²) in [7, 11) is 0. The topological polar surface area (TPSA) is 51.1 Å². The van der Waals surface area contributed by atoms with Crippen LogP contribution in [0.2, 0.25) is 0 Å². The van der Waals surface area contributed by atoms with Gasteiger partial charge >= 0.3 is 6.09 Å². The van der Waals surface area contributed by atoms with E-state index >= 15 is 0 Å². The molecule has 5 rings (SSSR count). The number of likely N-dealkylation sites (tertiary alicyclic amines) is 1. The highest BCUT2D eigenvalue weighted by Gasteiger charge is 2.52. The lowest BCUT2D eigenvalue weighted by atomic mass is 9.88. The molecule has 0 saturated carbocycles. The van der Waals surface area contributed by atoms with E-state index in [0.717, 1.165) is 42.4 Å². The number of hydrogen-bond donors (Lipinski definition) is 0. The van der Waals surface area contributed by atoms with Crippen molar-refractivity contribution >= 4 is 12.0 Å². The fourth-order valence-electron chi connectivity index (χ4n) is 5.40. The molecule has 2 heterocycles. The number of benzene rings is 2. The van der Waals surface area contributed by atoms with Gasteiger partial charge in [-0.3, -0.25) is 4.90 Å². The van der Waals surface area contributed by atoms with Crippen molar-refractivity contribution in [3.05, 3.63) is 83.4 Å². The maximum atomic E-state index is 13.1. The average molecular weight is 445 g/mol. The number of amides is 1. The second-order valence-corrected chi connectivity index (χ2v) is 10.2. The van der Waals surface area contributed by atoms with Crippen LogP contribution >= 0.6 is 0 Å². The largest absolute Gasteiger partial charge is 0.467 e. The molecule has 2 aromatic rings. The molecule has 1 fully saturated rings. The quantitative estimate of drug-likeness (QED) is 0.551. The molecule has 3 aliphatic rings. The zero-order valence-corrected chi connectivity index (χ0v) is 19.7. The average Bonchev–Trinajstić information content (AvgIpc) is 3.53. The van der Waals surface area contributed by atoms with Crippen LogP contribution in [0.4, 0.5) is 4.79 Å². The molecule has 0 aromatic heterocycles. The zero-order valence-electron chi connectivity index (χ0n) is 19.7. The molecule has 0 bridgehead atoms. The summed E-state index contributed by atoms with van der Waals surface area (Å²) < 4.78 is 12.4. The van der Waals surface area contributed by atoms with Gasteiger partial charge < -0.3 is 9.47 Å². The first-order valence-electron chi connectivity index (χ1n) is 11.9. The normalized spacial score (nSPS) is 26.8. The van der Waals surface area contributed by atoms with Crippen molar-refractivity contribution in [2.45, 2.75) is 69.7 Å². The summed E-state index contributed by atoms with van der Waals surface area (Å²) in [6.45, 7) is 6.44. The van der Waals surface area contributed by atoms with E-state index in [1.54, 1.807) is 0 Å². The van der Waals surface area contributed by atoms with Crippen LogP contribution in [0.25, 0.3) is 0 Å². The SMILES string of the molecule is CC(C)(C)OC(=O)N1CCC[C@]12CCC=C2C1=N[C@H](c2ccccc2)[C@@H](c2ccccc2)O1. The molecular formula is C28H32N2O3. The number of carbonyl (C=O) groups is 1. The molecule has 33 heavy (non-hydrogen) atoms. The highest BCUT2D eigenvalue weighted by atomic mass is 16.6. The van der Waals surface area contributed by atoms with E-state index in [9.17, 15) is 4.79 Å². The van der Waals surface area contributed by atoms with Gasteiger partial charge in [-0.1, -0.05) is 66.7 Å². The van der Waals surface area contributed by atoms with E-state index in [2.05, 4.69) is 30.3 Å². The van der Waals surface area contributed by atoms with E-state index in [1.165, 1.54) is 0 Å². The monoisotopic (exact) mass is 444 g/mol. The molecule has 1 spiro atoms. The van der Waals surface area contributed by atoms with Crippen LogP contribution in [-0.4, -0.2) is 34.6 Å². The van der Waals surface area contributed by atoms with Crippen molar-refractivity contribution in [2.24, 2.45) is 4.99 Å². The summed E-state index contributed by atoms with van der Waals surface area (Å²) >= 11 is 0. The highest BCUT2D eigenvalue weighted by Crippen LogP contribution is 2.49. The number of hydrogen-bond acceptors (Lipinski definition) is 4. The second-order valence-electron chi connectivity index (χ2n) is 10.2. The molecule has 0 N–H and O–H groups in total. The fraction of sp³-hybridized carbons (Fsp3) is 0.429. The Bertz CT molecular complexity index is 1070. The minimum Gasteiger partial charge on any atom is -0.467 e. The Balaban J connectivity index is 1.49. The Kier molecular flexibility index (Phi) is 5.51. The van der Waals surface area contributed by atoms with Crippen molar-refractivity contribution in [2.75, 3.05) is 6.54 Å². The minimum atomic E-state index is -0.526. The molecule has 3 atom stereocenters. The van der Waals surface area contributed by atoms with Gasteiger partial charge in [0.2, 0.25) is 5.90 Å². The Hall–Kier alpha value is -3.08. The Morgan fingerprint density at radius 2 is 1.70 bits per heavy atom. The van der Waals surface area contributed by atoms with Gasteiger partial charge in [0.25, 0.3) is 0 Å². The first kappa shape index (κ1) is 21.7. The summed E-state index contributed by atoms with van der Waals surface area (Å²) in [6.07, 6.45) is 5.43. The lowest BCUT2D eigenvalue weighted by molar-refractivity contribution is 0.0137. The van der Waals surface area contributed by atoms with E-state index in [1.807, 2.05) is 62.1 Å². The van der Waals surface area contributed by atoms with Crippen LogP contribution in [0, 0.1) is 0 Å². The Morgan fingerprint density at radius 1 is 1.03 bits per heavy atom. The third-order valence-corrected chi connectivity index (χ3v) is 6.79. The predicted octanol–water partition coefficient (Wildman–Crippen LogP) is 6.39. The zero-order chi connectivity index (χ0) is 23.1. The highest BCUT2D eigenvalue weighted by molar-refractivity contribution is 5.98. The lowest BCUT2D eigenvalue weighted by Crippen LogP contribution is -2.50. The maximum Gasteiger partial charge on any atom is 0.411 e. The van der Waals surface area contributed by atoms with Crippen molar-refractivity contribution in [3.63, 3.8) is 0 Å². The first-order chi connectivity index (χ1) is 15.9. The van der Waals surface area contributed by atoms with E-state index < -0.39 is 11.1 Å². The maximum absolute atomic E-state index is 13.1. The van der Waals surface area contributed by atoms with Crippen LogP contribution in [0.5, 0.6) is 0 Å². The number of nitrogens with zero attached hydrogens (tertiary/aromatic N) is 2. The first-order valence-corrected chi connectivity index (χ1v) is 11.9. The van der Waals surface area contributed by atoms with Gasteiger partial charge in [0.1, 0.15) is 11.6 Å². The van der Waals surface area contributed by atoms with E-state index in [0.29, 0.717) is 12.4 Å². The Morgan fingerprint density at radius 3 is 2.36 bits per heavy atom. The van der Waals surface area contributed by atoms with E-state index in [-0.39, 0.29) is 18.2 Å². The molecule has 1 amide bonds. The summed E-state index contributed by atoms with van der Waals surface area (Å²) in [5.41, 5.74) is 2.36. The number of allylic oxidation sites excluding steroid dienone is 1. The third kappa shape index (κ3) is 4.05. The summed E-state index contributed by atoms with van der Waals surface area (Å²) in [6, 6.07) is 20.5. The molecule has 172 valence electrons. The predicted molar refractivity (Wildman–Crippen MR) is 129 cm³/mol. The third-order valence-electron chi connectivity index (χ3n) is 6.79. The molecule has 5 nitrogen and oxygen atoms in total. The molecule has 0 unspecified atom stereocenters. The van der Waals surface area contributed by atoms with Crippen LogP contribution in [0.1, 0.15) is 69.7 Å². The fourth-order valence-corrected chi connectivity index (χ4v) is 5.40. The van der Waals surface area contributed by atoms with Crippen LogP contribution in [-0.2, 0) is 9.47 Å². The second kappa shape index (κ2) is 8.36. The van der Waals surface area contributed by atoms with Gasteiger partial charge in [0.15, 0.2) is 6.10 Å². The Labute approximate surface area is 196 Å². The number of rotatable bonds is 3. The van der Waals surface area contributed by atoms with Gasteiger partial charge in [0, 0.05) is 12.1 Å². The molecule has 5 heteroatoms. The van der Waals surface area contributed by atoms with Gasteiger partial charge in [-0.25, -0.2) is 9.79 Å². The van der Waals surface area contributed by atoms with Gasteiger partial charge in [-0.15, -0.1) is 0 Å². The molecular weight excluding hydrogens is 412 g/mol. The van der Waals surface area contributed by atoms with Crippen molar-refractivity contribution in [1.82, 2.24) is 4.90 Å². The van der Waals surface area contributed by atoms with Crippen molar-refractivity contribution < 1.29 is 14.3 Å². The smallest absolute Gasteiger partial charge is 0.411 e. The van der Waals surface area contributed by atoms with Crippen LogP contribution in [0.15, 0.2) is 77.3 Å². The van der Waals surface area contributed by atoms with Gasteiger partial charge in [-0.2, -0.15) is 0 Å². The van der Waals surface area contributed by atoms with E-state index in [4.69, 9.17) is 14.5 Å². The number of ether oxygens (including phenoxy) is 2. The summed E-state index contributed by atoms with van der Waals surface area (Å²) in [5, 5.41) is 0. The molecule has 0 radical (unpaired) electrons. The molecule has 2 aromatic carbocycles. The van der Waals surface area contributed by atoms with Crippen LogP contribution in [0.3, 0.4) is 0 Å². The lowest BCUT2D eigenvalue weighted by Gasteiger charge is -2.38. The number of carbonyl (C=O) groups excluding carboxylic acids is 1. The van der Waals surface area contributed by atoms with Crippen molar-refractivity contribution in [3.8, 4) is 0 Å². The molecule has 2 aliphatic heterocycles. The van der Waals surface area contributed by atoms with Crippen LogP contribution < -0.4 is 0 Å². The summed E-state index contributed by atoms with van der Waals surface area (Å²) in [5.74, 6) is 0.672. The van der Waals surface area contributed by atoms with Gasteiger partial charge in [0.05, 0.1) is 5.54 Å². The minimum absolute atomic E-state index is 0.126.